The van der Waals surface area contributed by atoms with Crippen LogP contribution in [0, 0.1) is 0 Å². The highest BCUT2D eigenvalue weighted by molar-refractivity contribution is 9.10. The number of methoxy groups -OCH3 is 1. The van der Waals surface area contributed by atoms with Crippen LogP contribution in [0.4, 0.5) is 0 Å². The van der Waals surface area contributed by atoms with Crippen molar-refractivity contribution in [3.05, 3.63) is 69.7 Å². The average molecular weight is 433 g/mol. The van der Waals surface area contributed by atoms with E-state index in [-0.39, 0.29) is 12.4 Å². The number of carbonyl (C=O) groups excluding carboxylic acids is 2. The molecular formula is C20H17BrO6. The maximum Gasteiger partial charge on any atom is 0.341 e. The number of halogens is 1. The molecule has 0 saturated carbocycles. The number of rotatable bonds is 4. The Morgan fingerprint density at radius 1 is 1.19 bits per heavy atom. The van der Waals surface area contributed by atoms with E-state index in [0.29, 0.717) is 11.1 Å². The van der Waals surface area contributed by atoms with Crippen LogP contribution in [0.25, 0.3) is 0 Å². The lowest BCUT2D eigenvalue weighted by Crippen LogP contribution is -2.49. The maximum atomic E-state index is 12.9. The van der Waals surface area contributed by atoms with Gasteiger partial charge in [-0.15, -0.1) is 0 Å². The molecule has 0 N–H and O–H groups in total. The fourth-order valence-corrected chi connectivity index (χ4v) is 3.64. The van der Waals surface area contributed by atoms with Crippen molar-refractivity contribution >= 4 is 27.7 Å². The third-order valence-corrected chi connectivity index (χ3v) is 5.37. The highest BCUT2D eigenvalue weighted by Gasteiger charge is 2.67. The molecule has 2 aromatic carbocycles. The summed E-state index contributed by atoms with van der Waals surface area (Å²) >= 11 is 3.36. The first kappa shape index (κ1) is 18.3. The first-order chi connectivity index (χ1) is 12.9. The van der Waals surface area contributed by atoms with Crippen molar-refractivity contribution in [2.75, 3.05) is 7.11 Å². The summed E-state index contributed by atoms with van der Waals surface area (Å²) < 4.78 is 23.5. The zero-order valence-corrected chi connectivity index (χ0v) is 16.3. The largest absolute Gasteiger partial charge is 0.459 e. The fraction of sp³-hybridized carbons (Fsp3) is 0.300. The zero-order valence-electron chi connectivity index (χ0n) is 14.7. The summed E-state index contributed by atoms with van der Waals surface area (Å²) in [6.45, 7) is 1.55. The Kier molecular flexibility index (Phi) is 4.43. The highest BCUT2D eigenvalue weighted by atomic mass is 79.9. The molecule has 2 aliphatic heterocycles. The summed E-state index contributed by atoms with van der Waals surface area (Å²) in [6, 6.07) is 14.2. The molecule has 2 aliphatic rings. The predicted octanol–water partition coefficient (Wildman–Crippen LogP) is 3.32. The van der Waals surface area contributed by atoms with Crippen molar-refractivity contribution < 1.29 is 28.5 Å². The molecule has 2 bridgehead atoms. The van der Waals surface area contributed by atoms with Crippen molar-refractivity contribution in [3.8, 4) is 0 Å². The second kappa shape index (κ2) is 6.53. The maximum absolute atomic E-state index is 12.9. The molecule has 0 unspecified atom stereocenters. The Balaban J connectivity index is 1.61. The van der Waals surface area contributed by atoms with E-state index in [0.717, 1.165) is 10.0 Å². The van der Waals surface area contributed by atoms with E-state index in [9.17, 15) is 9.59 Å². The van der Waals surface area contributed by atoms with Crippen LogP contribution in [0.15, 0.2) is 53.0 Å². The molecule has 2 aromatic rings. The summed E-state index contributed by atoms with van der Waals surface area (Å²) in [5.41, 5.74) is 0.0490. The number of hydrogen-bond acceptors (Lipinski definition) is 6. The number of benzene rings is 2. The minimum atomic E-state index is -1.62. The minimum Gasteiger partial charge on any atom is -0.459 e. The number of ketones is 1. The Labute approximate surface area is 164 Å². The van der Waals surface area contributed by atoms with Gasteiger partial charge in [0.1, 0.15) is 6.61 Å². The number of ether oxygens (including phenoxy) is 4. The van der Waals surface area contributed by atoms with Crippen LogP contribution in [0.1, 0.15) is 28.4 Å². The Morgan fingerprint density at radius 3 is 2.59 bits per heavy atom. The van der Waals surface area contributed by atoms with Gasteiger partial charge in [0.05, 0.1) is 5.56 Å². The van der Waals surface area contributed by atoms with Gasteiger partial charge < -0.3 is 18.9 Å². The van der Waals surface area contributed by atoms with E-state index < -0.39 is 23.6 Å². The standard InChI is InChI=1S/C20H17BrO6/c1-19(18(23)25-11-12-7-9-13(21)10-8-12)17-16(22)14-5-3-4-6-15(14)20(24-2,26-17)27-19/h3-10,17H,11H2,1-2H3/t17-,19+,20+/m1/s1. The molecule has 6 nitrogen and oxygen atoms in total. The van der Waals surface area contributed by atoms with Crippen molar-refractivity contribution in [2.24, 2.45) is 0 Å². The Morgan fingerprint density at radius 2 is 1.89 bits per heavy atom. The number of Topliss-reactive ketones (excluding diaryl/α,β-unsaturated/α-hetero) is 1. The molecule has 0 radical (unpaired) electrons. The second-order valence-corrected chi connectivity index (χ2v) is 7.50. The smallest absolute Gasteiger partial charge is 0.341 e. The van der Waals surface area contributed by atoms with Gasteiger partial charge in [-0.3, -0.25) is 4.79 Å². The third kappa shape index (κ3) is 2.82. The molecule has 27 heavy (non-hydrogen) atoms. The van der Waals surface area contributed by atoms with E-state index in [1.165, 1.54) is 14.0 Å². The molecule has 0 spiro atoms. The third-order valence-electron chi connectivity index (χ3n) is 4.84. The van der Waals surface area contributed by atoms with Gasteiger partial charge in [0.2, 0.25) is 5.60 Å². The molecule has 7 heteroatoms. The van der Waals surface area contributed by atoms with Crippen molar-refractivity contribution in [2.45, 2.75) is 31.2 Å². The summed E-state index contributed by atoms with van der Waals surface area (Å²) in [5.74, 6) is -2.63. The molecule has 140 valence electrons. The van der Waals surface area contributed by atoms with Gasteiger partial charge in [0.15, 0.2) is 11.9 Å². The van der Waals surface area contributed by atoms with E-state index in [1.54, 1.807) is 24.3 Å². The quantitative estimate of drug-likeness (QED) is 0.690. The monoisotopic (exact) mass is 432 g/mol. The predicted molar refractivity (Wildman–Crippen MR) is 97.8 cm³/mol. The fourth-order valence-electron chi connectivity index (χ4n) is 3.37. The number of fused-ring (bicyclic) bond motifs is 4. The van der Waals surface area contributed by atoms with Crippen LogP contribution >= 0.6 is 15.9 Å². The Hall–Kier alpha value is -2.06. The van der Waals surface area contributed by atoms with Gasteiger partial charge in [-0.25, -0.2) is 4.79 Å². The molecule has 1 saturated heterocycles. The van der Waals surface area contributed by atoms with Gasteiger partial charge in [0, 0.05) is 17.1 Å². The molecule has 0 aromatic heterocycles. The second-order valence-electron chi connectivity index (χ2n) is 6.58. The molecule has 0 aliphatic carbocycles. The Bertz CT molecular complexity index is 911. The topological polar surface area (TPSA) is 71.1 Å². The number of esters is 1. The lowest BCUT2D eigenvalue weighted by atomic mass is 9.89. The average Bonchev–Trinajstić information content (AvgIpc) is 2.98. The van der Waals surface area contributed by atoms with E-state index in [4.69, 9.17) is 18.9 Å². The van der Waals surface area contributed by atoms with Crippen molar-refractivity contribution in [3.63, 3.8) is 0 Å². The van der Waals surface area contributed by atoms with Gasteiger partial charge in [-0.1, -0.05) is 52.3 Å². The van der Waals surface area contributed by atoms with Crippen molar-refractivity contribution in [1.29, 1.82) is 0 Å². The highest BCUT2D eigenvalue weighted by Crippen LogP contribution is 2.50. The van der Waals surface area contributed by atoms with Crippen LogP contribution < -0.4 is 0 Å². The SMILES string of the molecule is CO[C@]12O[C@H](C(=O)c3ccccc31)[C@@](C)(C(=O)OCc1ccc(Br)cc1)O2. The van der Waals surface area contributed by atoms with Crippen LogP contribution in [-0.4, -0.2) is 30.6 Å². The number of hydrogen-bond donors (Lipinski definition) is 0. The molecule has 1 fully saturated rings. The molecule has 0 amide bonds. The summed E-state index contributed by atoms with van der Waals surface area (Å²) in [4.78, 5) is 25.8. The molecular weight excluding hydrogens is 416 g/mol. The molecule has 3 atom stereocenters. The lowest BCUT2D eigenvalue weighted by molar-refractivity contribution is -0.348. The molecule has 2 heterocycles. The van der Waals surface area contributed by atoms with Crippen LogP contribution in [0.2, 0.25) is 0 Å². The normalized spacial score (nSPS) is 28.7. The van der Waals surface area contributed by atoms with Gasteiger partial charge in [-0.2, -0.15) is 0 Å². The summed E-state index contributed by atoms with van der Waals surface area (Å²) in [6.07, 6.45) is -1.15. The van der Waals surface area contributed by atoms with Crippen molar-refractivity contribution in [1.82, 2.24) is 0 Å². The van der Waals surface area contributed by atoms with E-state index in [1.807, 2.05) is 24.3 Å². The number of carbonyl (C=O) groups is 2. The zero-order chi connectivity index (χ0) is 19.2. The summed E-state index contributed by atoms with van der Waals surface area (Å²) in [5, 5.41) is 0. The van der Waals surface area contributed by atoms with Crippen LogP contribution in [0.3, 0.4) is 0 Å². The lowest BCUT2D eigenvalue weighted by Gasteiger charge is -2.30. The van der Waals surface area contributed by atoms with Gasteiger partial charge >= 0.3 is 11.9 Å². The van der Waals surface area contributed by atoms with E-state index >= 15 is 0 Å². The van der Waals surface area contributed by atoms with E-state index in [2.05, 4.69) is 15.9 Å². The van der Waals surface area contributed by atoms with Gasteiger partial charge in [-0.05, 0) is 24.6 Å². The van der Waals surface area contributed by atoms with Crippen LogP contribution in [0.5, 0.6) is 0 Å². The first-order valence-electron chi connectivity index (χ1n) is 8.38. The summed E-state index contributed by atoms with van der Waals surface area (Å²) in [7, 11) is 1.41. The first-order valence-corrected chi connectivity index (χ1v) is 9.17. The minimum absolute atomic E-state index is 0.0545. The molecule has 4 rings (SSSR count). The van der Waals surface area contributed by atoms with Crippen LogP contribution in [-0.2, 0) is 36.3 Å². The van der Waals surface area contributed by atoms with Gasteiger partial charge in [0.25, 0.3) is 0 Å².